The minimum atomic E-state index is -0.412. The van der Waals surface area contributed by atoms with Crippen molar-refractivity contribution in [3.05, 3.63) is 27.5 Å². The van der Waals surface area contributed by atoms with Crippen LogP contribution in [0.25, 0.3) is 6.08 Å². The third kappa shape index (κ3) is 6.59. The number of esters is 1. The van der Waals surface area contributed by atoms with Gasteiger partial charge in [-0.05, 0) is 66.0 Å². The highest BCUT2D eigenvalue weighted by Gasteiger charge is 2.18. The van der Waals surface area contributed by atoms with E-state index < -0.39 is 5.97 Å². The lowest BCUT2D eigenvalue weighted by Gasteiger charge is -2.23. The van der Waals surface area contributed by atoms with Gasteiger partial charge >= 0.3 is 5.97 Å². The molecule has 1 heterocycles. The van der Waals surface area contributed by atoms with Crippen LogP contribution >= 0.6 is 22.6 Å². The Morgan fingerprint density at radius 2 is 2.12 bits per heavy atom. The van der Waals surface area contributed by atoms with Gasteiger partial charge in [-0.15, -0.1) is 0 Å². The van der Waals surface area contributed by atoms with Crippen LogP contribution < -0.4 is 10.6 Å². The predicted molar refractivity (Wildman–Crippen MR) is 111 cm³/mol. The Morgan fingerprint density at radius 1 is 1.38 bits per heavy atom. The van der Waals surface area contributed by atoms with Gasteiger partial charge in [0, 0.05) is 18.8 Å². The molecule has 2 N–H and O–H groups in total. The van der Waals surface area contributed by atoms with Crippen molar-refractivity contribution < 1.29 is 14.3 Å². The smallest absolute Gasteiger partial charge is 0.330 e. The number of methoxy groups -OCH3 is 1. The van der Waals surface area contributed by atoms with Gasteiger partial charge in [0.1, 0.15) is 11.9 Å². The molecule has 0 bridgehead atoms. The van der Waals surface area contributed by atoms with Crippen LogP contribution in [0.1, 0.15) is 44.6 Å². The lowest BCUT2D eigenvalue weighted by molar-refractivity contribution is -0.134. The Bertz CT molecular complexity index is 657. The van der Waals surface area contributed by atoms with Gasteiger partial charge in [-0.2, -0.15) is 0 Å². The number of rotatable bonds is 7. The number of pyridine rings is 1. The summed E-state index contributed by atoms with van der Waals surface area (Å²) in [4.78, 5) is 27.8. The standard InChI is InChI=1S/C19H26IN3O3/c1-13(19(25)22-11-14-6-4-3-5-7-14)23-18-16(20)10-15(12-21-18)8-9-17(24)26-2/h8-10,12-14H,3-7,11H2,1-2H3,(H,21,23)(H,22,25)/b9-8+/t13-/m1/s1. The van der Waals surface area contributed by atoms with E-state index in [4.69, 9.17) is 0 Å². The van der Waals surface area contributed by atoms with E-state index >= 15 is 0 Å². The zero-order valence-corrected chi connectivity index (χ0v) is 17.4. The molecule has 1 fully saturated rings. The molecule has 1 aliphatic carbocycles. The number of halogens is 1. The average molecular weight is 471 g/mol. The summed E-state index contributed by atoms with van der Waals surface area (Å²) in [6.45, 7) is 2.59. The second-order valence-corrected chi connectivity index (χ2v) is 7.73. The maximum absolute atomic E-state index is 12.3. The van der Waals surface area contributed by atoms with Gasteiger partial charge in [0.2, 0.25) is 5.91 Å². The Morgan fingerprint density at radius 3 is 2.77 bits per heavy atom. The number of amides is 1. The van der Waals surface area contributed by atoms with E-state index in [1.807, 2.05) is 13.0 Å². The fourth-order valence-corrected chi connectivity index (χ4v) is 3.60. The summed E-state index contributed by atoms with van der Waals surface area (Å²) < 4.78 is 5.44. The summed E-state index contributed by atoms with van der Waals surface area (Å²) in [6.07, 6.45) is 10.9. The van der Waals surface area contributed by atoms with E-state index in [-0.39, 0.29) is 11.9 Å². The normalized spacial score (nSPS) is 16.3. The summed E-state index contributed by atoms with van der Waals surface area (Å²) in [5, 5.41) is 6.20. The topological polar surface area (TPSA) is 80.3 Å². The van der Waals surface area contributed by atoms with Gasteiger partial charge in [-0.3, -0.25) is 4.79 Å². The fourth-order valence-electron chi connectivity index (χ4n) is 2.94. The first-order valence-electron chi connectivity index (χ1n) is 8.95. The van der Waals surface area contributed by atoms with Crippen molar-refractivity contribution in [3.63, 3.8) is 0 Å². The summed E-state index contributed by atoms with van der Waals surface area (Å²) in [6, 6.07) is 1.53. The summed E-state index contributed by atoms with van der Waals surface area (Å²) in [5.74, 6) is 0.841. The van der Waals surface area contributed by atoms with Gasteiger partial charge < -0.3 is 15.4 Å². The molecular formula is C19H26IN3O3. The molecule has 7 heteroatoms. The first-order valence-corrected chi connectivity index (χ1v) is 10.0. The van der Waals surface area contributed by atoms with Crippen molar-refractivity contribution >= 4 is 46.4 Å². The van der Waals surface area contributed by atoms with Crippen LogP contribution in [-0.2, 0) is 14.3 Å². The van der Waals surface area contributed by atoms with Crippen molar-refractivity contribution in [2.45, 2.75) is 45.1 Å². The SMILES string of the molecule is COC(=O)/C=C/c1cnc(N[C@H](C)C(=O)NCC2CCCCC2)c(I)c1. The number of nitrogens with one attached hydrogen (secondary N) is 2. The van der Waals surface area contributed by atoms with Crippen LogP contribution in [0, 0.1) is 9.49 Å². The molecule has 1 amide bonds. The summed E-state index contributed by atoms with van der Waals surface area (Å²) >= 11 is 2.16. The quantitative estimate of drug-likeness (QED) is 0.362. The maximum Gasteiger partial charge on any atom is 0.330 e. The zero-order chi connectivity index (χ0) is 18.9. The molecule has 0 radical (unpaired) electrons. The zero-order valence-electron chi connectivity index (χ0n) is 15.3. The van der Waals surface area contributed by atoms with E-state index in [2.05, 4.69) is 42.9 Å². The van der Waals surface area contributed by atoms with Gasteiger partial charge in [-0.25, -0.2) is 9.78 Å². The number of hydrogen-bond acceptors (Lipinski definition) is 5. The second-order valence-electron chi connectivity index (χ2n) is 6.57. The third-order valence-corrected chi connectivity index (χ3v) is 5.33. The molecule has 1 atom stereocenters. The molecule has 26 heavy (non-hydrogen) atoms. The molecule has 6 nitrogen and oxygen atoms in total. The first-order chi connectivity index (χ1) is 12.5. The monoisotopic (exact) mass is 471 g/mol. The van der Waals surface area contributed by atoms with Crippen LogP contribution in [-0.4, -0.2) is 36.6 Å². The summed E-state index contributed by atoms with van der Waals surface area (Å²) in [7, 11) is 1.34. The molecule has 1 saturated carbocycles. The van der Waals surface area contributed by atoms with E-state index in [1.54, 1.807) is 12.3 Å². The molecule has 0 saturated heterocycles. The third-order valence-electron chi connectivity index (χ3n) is 4.51. The predicted octanol–water partition coefficient (Wildman–Crippen LogP) is 3.37. The summed E-state index contributed by atoms with van der Waals surface area (Å²) in [5.41, 5.74) is 0.791. The minimum absolute atomic E-state index is 0.0113. The van der Waals surface area contributed by atoms with Gasteiger partial charge in [-0.1, -0.05) is 19.3 Å². The van der Waals surface area contributed by atoms with E-state index in [1.165, 1.54) is 45.3 Å². The highest BCUT2D eigenvalue weighted by atomic mass is 127. The molecule has 0 unspecified atom stereocenters. The van der Waals surface area contributed by atoms with Gasteiger partial charge in [0.05, 0.1) is 10.7 Å². The second kappa shape index (κ2) is 10.5. The van der Waals surface area contributed by atoms with Crippen LogP contribution in [0.4, 0.5) is 5.82 Å². The number of carbonyl (C=O) groups excluding carboxylic acids is 2. The Labute approximate surface area is 168 Å². The van der Waals surface area contributed by atoms with Crippen molar-refractivity contribution in [2.75, 3.05) is 19.0 Å². The van der Waals surface area contributed by atoms with Crippen LogP contribution in [0.15, 0.2) is 18.3 Å². The molecular weight excluding hydrogens is 445 g/mol. The molecule has 0 aliphatic heterocycles. The molecule has 1 aliphatic rings. The highest BCUT2D eigenvalue weighted by Crippen LogP contribution is 2.23. The van der Waals surface area contributed by atoms with E-state index in [0.717, 1.165) is 15.7 Å². The van der Waals surface area contributed by atoms with E-state index in [9.17, 15) is 9.59 Å². The molecule has 142 valence electrons. The number of carbonyl (C=O) groups is 2. The Hall–Kier alpha value is -1.64. The van der Waals surface area contributed by atoms with Crippen LogP contribution in [0.2, 0.25) is 0 Å². The van der Waals surface area contributed by atoms with E-state index in [0.29, 0.717) is 11.7 Å². The maximum atomic E-state index is 12.3. The van der Waals surface area contributed by atoms with Crippen molar-refractivity contribution in [3.8, 4) is 0 Å². The average Bonchev–Trinajstić information content (AvgIpc) is 2.66. The Kier molecular flexibility index (Phi) is 8.34. The molecule has 0 aromatic carbocycles. The largest absolute Gasteiger partial charge is 0.466 e. The van der Waals surface area contributed by atoms with Gasteiger partial charge in [0.25, 0.3) is 0 Å². The lowest BCUT2D eigenvalue weighted by atomic mass is 9.89. The van der Waals surface area contributed by atoms with Crippen molar-refractivity contribution in [1.82, 2.24) is 10.3 Å². The minimum Gasteiger partial charge on any atom is -0.466 e. The molecule has 2 rings (SSSR count). The number of anilines is 1. The molecule has 0 spiro atoms. The van der Waals surface area contributed by atoms with Crippen molar-refractivity contribution in [1.29, 1.82) is 0 Å². The molecule has 1 aromatic heterocycles. The van der Waals surface area contributed by atoms with Crippen LogP contribution in [0.5, 0.6) is 0 Å². The van der Waals surface area contributed by atoms with Crippen molar-refractivity contribution in [2.24, 2.45) is 5.92 Å². The molecule has 1 aromatic rings. The fraction of sp³-hybridized carbons (Fsp3) is 0.526. The number of aromatic nitrogens is 1. The number of hydrogen-bond donors (Lipinski definition) is 2. The number of nitrogens with zero attached hydrogens (tertiary/aromatic N) is 1. The van der Waals surface area contributed by atoms with Gasteiger partial charge in [0.15, 0.2) is 0 Å². The number of ether oxygens (including phenoxy) is 1. The Balaban J connectivity index is 1.87. The van der Waals surface area contributed by atoms with Crippen LogP contribution in [0.3, 0.4) is 0 Å². The lowest BCUT2D eigenvalue weighted by Crippen LogP contribution is -2.40. The first kappa shape index (κ1) is 20.7. The highest BCUT2D eigenvalue weighted by molar-refractivity contribution is 14.1.